The van der Waals surface area contributed by atoms with Crippen LogP contribution in [0.25, 0.3) is 0 Å². The van der Waals surface area contributed by atoms with Crippen molar-refractivity contribution in [3.8, 4) is 0 Å². The summed E-state index contributed by atoms with van der Waals surface area (Å²) in [7, 11) is 0. The summed E-state index contributed by atoms with van der Waals surface area (Å²) in [5.74, 6) is 3.90. The zero-order valence-electron chi connectivity index (χ0n) is 12.0. The van der Waals surface area contributed by atoms with E-state index >= 15 is 0 Å². The van der Waals surface area contributed by atoms with Crippen LogP contribution < -0.4 is 5.32 Å². The summed E-state index contributed by atoms with van der Waals surface area (Å²) in [6.07, 6.45) is 8.62. The van der Waals surface area contributed by atoms with E-state index in [0.717, 1.165) is 34.7 Å². The smallest absolute Gasteiger partial charge is 0.0406 e. The molecule has 0 aliphatic heterocycles. The first kappa shape index (κ1) is 13.2. The predicted molar refractivity (Wildman–Crippen MR) is 84.2 cm³/mol. The van der Waals surface area contributed by atoms with Gasteiger partial charge in [-0.15, -0.1) is 0 Å². The van der Waals surface area contributed by atoms with E-state index in [1.165, 1.54) is 50.6 Å². The van der Waals surface area contributed by atoms with Crippen molar-refractivity contribution in [1.82, 2.24) is 5.32 Å². The highest BCUT2D eigenvalue weighted by Gasteiger charge is 2.41. The third-order valence-corrected chi connectivity index (χ3v) is 5.83. The first-order valence-corrected chi connectivity index (χ1v) is 8.66. The largest absolute Gasteiger partial charge is 0.314 e. The van der Waals surface area contributed by atoms with E-state index < -0.39 is 0 Å². The summed E-state index contributed by atoms with van der Waals surface area (Å²) in [6.45, 7) is 1.29. The van der Waals surface area contributed by atoms with E-state index in [2.05, 4.69) is 17.4 Å². The number of rotatable bonds is 6. The van der Waals surface area contributed by atoms with E-state index in [-0.39, 0.29) is 0 Å². The number of hydrogen-bond acceptors (Lipinski definition) is 1. The lowest BCUT2D eigenvalue weighted by Crippen LogP contribution is -2.42. The van der Waals surface area contributed by atoms with Crippen molar-refractivity contribution in [2.24, 2.45) is 17.8 Å². The van der Waals surface area contributed by atoms with Gasteiger partial charge < -0.3 is 5.32 Å². The van der Waals surface area contributed by atoms with Crippen LogP contribution in [0.15, 0.2) is 24.3 Å². The van der Waals surface area contributed by atoms with Gasteiger partial charge in [0.25, 0.3) is 0 Å². The molecule has 0 saturated heterocycles. The molecule has 0 heterocycles. The first-order valence-electron chi connectivity index (χ1n) is 8.28. The summed E-state index contributed by atoms with van der Waals surface area (Å²) >= 11 is 5.95. The topological polar surface area (TPSA) is 12.0 Å². The van der Waals surface area contributed by atoms with Gasteiger partial charge in [0.05, 0.1) is 0 Å². The fourth-order valence-electron chi connectivity index (χ4n) is 3.86. The lowest BCUT2D eigenvalue weighted by atomic mass is 9.75. The Morgan fingerprint density at radius 1 is 1.00 bits per heavy atom. The number of benzene rings is 1. The summed E-state index contributed by atoms with van der Waals surface area (Å²) < 4.78 is 0. The monoisotopic (exact) mass is 289 g/mol. The van der Waals surface area contributed by atoms with Crippen LogP contribution in [0.1, 0.15) is 50.0 Å². The van der Waals surface area contributed by atoms with Crippen LogP contribution in [0.5, 0.6) is 0 Å². The Kier molecular flexibility index (Phi) is 3.52. The first-order chi connectivity index (χ1) is 9.79. The Hall–Kier alpha value is -0.530. The molecular weight excluding hydrogens is 266 g/mol. The Morgan fingerprint density at radius 2 is 1.60 bits per heavy atom. The van der Waals surface area contributed by atoms with Crippen LogP contribution in [0.4, 0.5) is 0 Å². The molecule has 1 aromatic rings. The zero-order chi connectivity index (χ0) is 13.5. The molecule has 0 aromatic heterocycles. The Bertz CT molecular complexity index is 443. The maximum atomic E-state index is 5.95. The minimum Gasteiger partial charge on any atom is -0.314 e. The molecule has 0 bridgehead atoms. The summed E-state index contributed by atoms with van der Waals surface area (Å²) in [5, 5.41) is 4.69. The van der Waals surface area contributed by atoms with Crippen molar-refractivity contribution < 1.29 is 0 Å². The van der Waals surface area contributed by atoms with E-state index in [4.69, 9.17) is 11.6 Å². The third-order valence-electron chi connectivity index (χ3n) is 5.58. The average molecular weight is 290 g/mol. The SMILES string of the molecule is Clc1ccc(C2CC(NCC(C3CC3)C3CC3)C2)cc1. The van der Waals surface area contributed by atoms with E-state index in [1.54, 1.807) is 0 Å². The molecule has 2 heteroatoms. The van der Waals surface area contributed by atoms with Crippen LogP contribution in [-0.2, 0) is 0 Å². The molecule has 20 heavy (non-hydrogen) atoms. The number of hydrogen-bond donors (Lipinski definition) is 1. The summed E-state index contributed by atoms with van der Waals surface area (Å²) in [4.78, 5) is 0. The molecular formula is C18H24ClN. The molecule has 0 atom stereocenters. The van der Waals surface area contributed by atoms with Crippen molar-refractivity contribution >= 4 is 11.6 Å². The lowest BCUT2D eigenvalue weighted by molar-refractivity contribution is 0.259. The molecule has 1 nitrogen and oxygen atoms in total. The summed E-state index contributed by atoms with van der Waals surface area (Å²) in [5.41, 5.74) is 1.47. The molecule has 0 unspecified atom stereocenters. The standard InChI is InChI=1S/C18H24ClN/c19-16-7-5-12(6-8-16)15-9-17(10-15)20-11-18(13-1-2-13)14-3-4-14/h5-8,13-15,17-18,20H,1-4,9-11H2. The second-order valence-corrected chi connectivity index (χ2v) is 7.60. The van der Waals surface area contributed by atoms with Gasteiger partial charge in [0.1, 0.15) is 0 Å². The fourth-order valence-corrected chi connectivity index (χ4v) is 3.99. The van der Waals surface area contributed by atoms with Gasteiger partial charge in [-0.05, 0) is 86.4 Å². The molecule has 1 N–H and O–H groups in total. The number of nitrogens with one attached hydrogen (secondary N) is 1. The van der Waals surface area contributed by atoms with Gasteiger partial charge in [-0.1, -0.05) is 23.7 Å². The van der Waals surface area contributed by atoms with Crippen LogP contribution >= 0.6 is 11.6 Å². The molecule has 1 aromatic carbocycles. The molecule has 4 rings (SSSR count). The normalized spacial score (nSPS) is 29.5. The molecule has 0 spiro atoms. The molecule has 0 amide bonds. The second-order valence-electron chi connectivity index (χ2n) is 7.16. The minimum atomic E-state index is 0.755. The van der Waals surface area contributed by atoms with Crippen molar-refractivity contribution in [3.05, 3.63) is 34.9 Å². The molecule has 0 radical (unpaired) electrons. The van der Waals surface area contributed by atoms with Gasteiger partial charge in [0.2, 0.25) is 0 Å². The Labute approximate surface area is 127 Å². The molecule has 3 saturated carbocycles. The highest BCUT2D eigenvalue weighted by molar-refractivity contribution is 6.30. The van der Waals surface area contributed by atoms with E-state index in [0.29, 0.717) is 0 Å². The number of halogens is 1. The van der Waals surface area contributed by atoms with Crippen LogP contribution in [-0.4, -0.2) is 12.6 Å². The maximum absolute atomic E-state index is 5.95. The van der Waals surface area contributed by atoms with Crippen LogP contribution in [0.3, 0.4) is 0 Å². The van der Waals surface area contributed by atoms with Crippen molar-refractivity contribution in [2.75, 3.05) is 6.54 Å². The highest BCUT2D eigenvalue weighted by Crippen LogP contribution is 2.49. The van der Waals surface area contributed by atoms with Gasteiger partial charge in [0.15, 0.2) is 0 Å². The van der Waals surface area contributed by atoms with Gasteiger partial charge in [-0.25, -0.2) is 0 Å². The van der Waals surface area contributed by atoms with Crippen molar-refractivity contribution in [2.45, 2.75) is 50.5 Å². The zero-order valence-corrected chi connectivity index (χ0v) is 12.8. The minimum absolute atomic E-state index is 0.755. The lowest BCUT2D eigenvalue weighted by Gasteiger charge is -2.37. The van der Waals surface area contributed by atoms with Crippen LogP contribution in [0, 0.1) is 17.8 Å². The molecule has 3 aliphatic rings. The molecule has 3 aliphatic carbocycles. The quantitative estimate of drug-likeness (QED) is 0.806. The molecule has 3 fully saturated rings. The third kappa shape index (κ3) is 2.89. The van der Waals surface area contributed by atoms with Gasteiger partial charge in [0, 0.05) is 11.1 Å². The fraction of sp³-hybridized carbons (Fsp3) is 0.667. The molecule has 108 valence electrons. The van der Waals surface area contributed by atoms with E-state index in [1.807, 2.05) is 12.1 Å². The van der Waals surface area contributed by atoms with Crippen LogP contribution in [0.2, 0.25) is 5.02 Å². The second kappa shape index (κ2) is 5.35. The van der Waals surface area contributed by atoms with Crippen molar-refractivity contribution in [3.63, 3.8) is 0 Å². The Balaban J connectivity index is 1.23. The van der Waals surface area contributed by atoms with Gasteiger partial charge in [-0.3, -0.25) is 0 Å². The summed E-state index contributed by atoms with van der Waals surface area (Å²) in [6, 6.07) is 9.19. The average Bonchev–Trinajstić information content (AvgIpc) is 3.25. The van der Waals surface area contributed by atoms with Crippen molar-refractivity contribution in [1.29, 1.82) is 0 Å². The maximum Gasteiger partial charge on any atom is 0.0406 e. The predicted octanol–water partition coefficient (Wildman–Crippen LogP) is 4.61. The Morgan fingerprint density at radius 3 is 2.15 bits per heavy atom. The van der Waals surface area contributed by atoms with Gasteiger partial charge >= 0.3 is 0 Å². The van der Waals surface area contributed by atoms with E-state index in [9.17, 15) is 0 Å². The van der Waals surface area contributed by atoms with Gasteiger partial charge in [-0.2, -0.15) is 0 Å². The highest BCUT2D eigenvalue weighted by atomic mass is 35.5.